The largest absolute Gasteiger partial charge is 0.487 e. The summed E-state index contributed by atoms with van der Waals surface area (Å²) in [5.41, 5.74) is -0.302. The van der Waals surface area contributed by atoms with E-state index < -0.39 is 17.6 Å². The van der Waals surface area contributed by atoms with Gasteiger partial charge in [-0.15, -0.1) is 0 Å². The molecule has 1 aliphatic heterocycles. The predicted octanol–water partition coefficient (Wildman–Crippen LogP) is 5.38. The molecule has 37 heavy (non-hydrogen) atoms. The zero-order valence-electron chi connectivity index (χ0n) is 21.0. The number of likely N-dealkylation sites (N-methyl/N-ethyl adjacent to an activating group) is 1. The molecule has 1 aliphatic carbocycles. The molecule has 3 aromatic rings. The minimum atomic E-state index is -4.76. The van der Waals surface area contributed by atoms with Crippen molar-refractivity contribution < 1.29 is 22.3 Å². The smallest absolute Gasteiger partial charge is 0.419 e. The third-order valence-electron chi connectivity index (χ3n) is 7.38. The highest BCUT2D eigenvalue weighted by Gasteiger charge is 2.36. The Kier molecular flexibility index (Phi) is 7.15. The van der Waals surface area contributed by atoms with E-state index in [1.807, 2.05) is 26.2 Å². The van der Waals surface area contributed by atoms with Gasteiger partial charge >= 0.3 is 6.18 Å². The Morgan fingerprint density at radius 3 is 2.59 bits per heavy atom. The maximum Gasteiger partial charge on any atom is 0.419 e. The van der Waals surface area contributed by atoms with Crippen molar-refractivity contribution in [3.8, 4) is 5.75 Å². The van der Waals surface area contributed by atoms with Crippen molar-refractivity contribution in [1.29, 1.82) is 0 Å². The van der Waals surface area contributed by atoms with Gasteiger partial charge in [0.25, 0.3) is 0 Å². The van der Waals surface area contributed by atoms with Crippen LogP contribution in [0.3, 0.4) is 0 Å². The molecule has 0 radical (unpaired) electrons. The molecule has 3 heterocycles. The summed E-state index contributed by atoms with van der Waals surface area (Å²) < 4.78 is 61.5. The number of alkyl halides is 3. The van der Waals surface area contributed by atoms with Gasteiger partial charge in [-0.2, -0.15) is 18.3 Å². The third-order valence-corrected chi connectivity index (χ3v) is 7.38. The third kappa shape index (κ3) is 5.18. The van der Waals surface area contributed by atoms with Crippen molar-refractivity contribution in [2.45, 2.75) is 63.4 Å². The summed E-state index contributed by atoms with van der Waals surface area (Å²) in [6.45, 7) is 4.56. The number of anilines is 2. The number of pyridine rings is 1. The van der Waals surface area contributed by atoms with Crippen LogP contribution in [0.15, 0.2) is 30.5 Å². The maximum absolute atomic E-state index is 14.5. The second kappa shape index (κ2) is 10.4. The van der Waals surface area contributed by atoms with Crippen molar-refractivity contribution >= 4 is 22.5 Å². The number of rotatable bonds is 7. The molecule has 1 aromatic carbocycles. The summed E-state index contributed by atoms with van der Waals surface area (Å²) in [6.07, 6.45) is 0.430. The summed E-state index contributed by atoms with van der Waals surface area (Å²) in [5, 5.41) is 12.7. The second-order valence-electron chi connectivity index (χ2n) is 9.77. The number of hydrogen-bond donors (Lipinski definition) is 2. The van der Waals surface area contributed by atoms with Crippen LogP contribution in [0.4, 0.5) is 29.2 Å². The Morgan fingerprint density at radius 2 is 1.92 bits per heavy atom. The molecule has 1 saturated heterocycles. The van der Waals surface area contributed by atoms with Crippen molar-refractivity contribution in [2.75, 3.05) is 36.9 Å². The van der Waals surface area contributed by atoms with Gasteiger partial charge in [-0.25, -0.2) is 9.37 Å². The monoisotopic (exact) mass is 520 g/mol. The summed E-state index contributed by atoms with van der Waals surface area (Å²) in [6, 6.07) is 5.71. The highest BCUT2D eigenvalue weighted by atomic mass is 19.4. The van der Waals surface area contributed by atoms with Gasteiger partial charge in [-0.3, -0.25) is 4.68 Å². The molecule has 1 atom stereocenters. The average Bonchev–Trinajstić information content (AvgIpc) is 3.50. The van der Waals surface area contributed by atoms with Crippen molar-refractivity contribution in [2.24, 2.45) is 0 Å². The first-order valence-corrected chi connectivity index (χ1v) is 12.8. The number of ether oxygens (including phenoxy) is 1. The Labute approximate surface area is 213 Å². The highest BCUT2D eigenvalue weighted by molar-refractivity contribution is 5.91. The minimum absolute atomic E-state index is 0.0991. The fourth-order valence-electron chi connectivity index (χ4n) is 5.40. The van der Waals surface area contributed by atoms with Crippen LogP contribution in [-0.4, -0.2) is 53.6 Å². The van der Waals surface area contributed by atoms with Crippen molar-refractivity contribution in [1.82, 2.24) is 20.1 Å². The van der Waals surface area contributed by atoms with Crippen LogP contribution >= 0.6 is 0 Å². The first-order valence-electron chi connectivity index (χ1n) is 12.8. The summed E-state index contributed by atoms with van der Waals surface area (Å²) >= 11 is 0. The van der Waals surface area contributed by atoms with E-state index in [0.29, 0.717) is 18.9 Å². The number of hydrogen-bond acceptors (Lipinski definition) is 6. The zero-order valence-corrected chi connectivity index (χ0v) is 21.0. The van der Waals surface area contributed by atoms with Gasteiger partial charge in [0.05, 0.1) is 28.6 Å². The molecule has 200 valence electrons. The number of aromatic nitrogens is 3. The van der Waals surface area contributed by atoms with Gasteiger partial charge < -0.3 is 20.3 Å². The SMILES string of the molecule is CCNc1cc2c(cn1)c(N1CC[C@@H](NC)C1)nn2[C@H]1CC[C@@H](Oc2cccc(C(F)(F)F)c2F)CC1. The van der Waals surface area contributed by atoms with Crippen LogP contribution in [-0.2, 0) is 6.18 Å². The molecule has 0 amide bonds. The van der Waals surface area contributed by atoms with Crippen LogP contribution in [0, 0.1) is 5.82 Å². The van der Waals surface area contributed by atoms with Gasteiger partial charge in [0.15, 0.2) is 17.4 Å². The molecule has 0 spiro atoms. The van der Waals surface area contributed by atoms with E-state index in [1.54, 1.807) is 0 Å². The van der Waals surface area contributed by atoms with E-state index in [1.165, 1.54) is 12.1 Å². The second-order valence-corrected chi connectivity index (χ2v) is 9.77. The van der Waals surface area contributed by atoms with Gasteiger partial charge in [-0.05, 0) is 58.2 Å². The lowest BCUT2D eigenvalue weighted by atomic mass is 9.93. The molecule has 2 aliphatic rings. The number of nitrogens with one attached hydrogen (secondary N) is 2. The van der Waals surface area contributed by atoms with Crippen molar-refractivity contribution in [3.05, 3.63) is 41.8 Å². The zero-order chi connectivity index (χ0) is 26.2. The Bertz CT molecular complexity index is 1240. The van der Waals surface area contributed by atoms with Gasteiger partial charge in [-0.1, -0.05) is 6.07 Å². The lowest BCUT2D eigenvalue weighted by Crippen LogP contribution is -2.30. The van der Waals surface area contributed by atoms with Gasteiger partial charge in [0, 0.05) is 37.9 Å². The molecule has 0 bridgehead atoms. The lowest BCUT2D eigenvalue weighted by Gasteiger charge is -2.30. The molecule has 2 fully saturated rings. The first-order chi connectivity index (χ1) is 17.8. The quantitative estimate of drug-likeness (QED) is 0.408. The van der Waals surface area contributed by atoms with E-state index in [4.69, 9.17) is 9.84 Å². The number of halogens is 4. The lowest BCUT2D eigenvalue weighted by molar-refractivity contribution is -0.140. The van der Waals surface area contributed by atoms with Crippen LogP contribution in [0.2, 0.25) is 0 Å². The fourth-order valence-corrected chi connectivity index (χ4v) is 5.40. The van der Waals surface area contributed by atoms with E-state index in [2.05, 4.69) is 25.2 Å². The van der Waals surface area contributed by atoms with Crippen molar-refractivity contribution in [3.63, 3.8) is 0 Å². The van der Waals surface area contributed by atoms with E-state index >= 15 is 0 Å². The summed E-state index contributed by atoms with van der Waals surface area (Å²) in [5.74, 6) is 0.00956. The van der Waals surface area contributed by atoms with Crippen LogP contribution < -0.4 is 20.3 Å². The topological polar surface area (TPSA) is 67.2 Å². The fraction of sp³-hybridized carbons (Fsp3) is 0.538. The van der Waals surface area contributed by atoms with Crippen LogP contribution in [0.1, 0.15) is 50.6 Å². The molecular weight excluding hydrogens is 488 g/mol. The standard InChI is InChI=1S/C26H32F4N6O/c1-3-32-23-13-21-19(14-33-23)25(35-12-11-16(15-35)31-2)34-36(21)17-7-9-18(10-8-17)37-22-6-4-5-20(24(22)27)26(28,29)30/h4-6,13-14,16-18,31H,3,7-12,15H2,1-2H3,(H,32,33)/t16-,17-,18+/m1/s1. The summed E-state index contributed by atoms with van der Waals surface area (Å²) in [7, 11) is 1.97. The molecule has 2 aromatic heterocycles. The first kappa shape index (κ1) is 25.6. The molecule has 5 rings (SSSR count). The Hall–Kier alpha value is -3.08. The molecule has 2 N–H and O–H groups in total. The highest BCUT2D eigenvalue weighted by Crippen LogP contribution is 2.39. The van der Waals surface area contributed by atoms with Crippen LogP contribution in [0.5, 0.6) is 5.75 Å². The van der Waals surface area contributed by atoms with Gasteiger partial charge in [0.1, 0.15) is 5.82 Å². The van der Waals surface area contributed by atoms with E-state index in [9.17, 15) is 17.6 Å². The Morgan fingerprint density at radius 1 is 1.14 bits per heavy atom. The summed E-state index contributed by atoms with van der Waals surface area (Å²) in [4.78, 5) is 6.87. The molecule has 0 unspecified atom stereocenters. The molecule has 1 saturated carbocycles. The predicted molar refractivity (Wildman–Crippen MR) is 135 cm³/mol. The molecule has 7 nitrogen and oxygen atoms in total. The number of fused-ring (bicyclic) bond motifs is 1. The molecule has 11 heteroatoms. The van der Waals surface area contributed by atoms with E-state index in [-0.39, 0.29) is 17.9 Å². The maximum atomic E-state index is 14.5. The average molecular weight is 521 g/mol. The molecular formula is C26H32F4N6O. The number of nitrogens with zero attached hydrogens (tertiary/aromatic N) is 4. The van der Waals surface area contributed by atoms with Gasteiger partial charge in [0.2, 0.25) is 0 Å². The number of benzene rings is 1. The minimum Gasteiger partial charge on any atom is -0.487 e. The normalized spacial score (nSPS) is 22.5. The van der Waals surface area contributed by atoms with E-state index in [0.717, 1.165) is 67.5 Å². The van der Waals surface area contributed by atoms with Crippen LogP contribution in [0.25, 0.3) is 10.9 Å². The Balaban J connectivity index is 1.35.